The molecule has 3 atom stereocenters. The maximum atomic E-state index is 13.5. The number of hydrogen-bond acceptors (Lipinski definition) is 6. The molecule has 3 aromatic carbocycles. The van der Waals surface area contributed by atoms with Crippen LogP contribution in [0, 0.1) is 11.3 Å². The van der Waals surface area contributed by atoms with Gasteiger partial charge in [-0.05, 0) is 34.7 Å². The molecule has 7 N–H and O–H groups in total. The molecule has 0 saturated heterocycles. The predicted octanol–water partition coefficient (Wildman–Crippen LogP) is 2.68. The number of benzene rings is 3. The number of hydrogen-bond donors (Lipinski definition) is 6. The number of carbonyl (C=O) groups excluding carboxylic acids is 2. The third-order valence-corrected chi connectivity index (χ3v) is 7.83. The Bertz CT molecular complexity index is 1410. The highest BCUT2D eigenvalue weighted by Crippen LogP contribution is 2.20. The van der Waals surface area contributed by atoms with E-state index in [9.17, 15) is 23.1 Å². The van der Waals surface area contributed by atoms with Gasteiger partial charge in [0.1, 0.15) is 23.7 Å². The lowest BCUT2D eigenvalue weighted by atomic mass is 9.98. The van der Waals surface area contributed by atoms with Crippen molar-refractivity contribution in [1.82, 2.24) is 15.4 Å². The van der Waals surface area contributed by atoms with Crippen LogP contribution in [-0.4, -0.2) is 37.2 Å². The van der Waals surface area contributed by atoms with Crippen molar-refractivity contribution in [2.24, 2.45) is 11.7 Å². The standard InChI is InChI=1S/C29H35N5O5S/c1-3-19(2)25(34-40(38,39)18-21-7-5-4-6-8-21)29(37)33-26(22-13-15-24(35)16-14-22)28(36)32-17-20-9-11-23(12-10-20)27(30)31/h4-16,19,25-26,34-35H,3,17-18H2,1-2H3,(H3,30,31)(H,32,36)(H,33,37)/t19?,25-,26+/m1/s1. The molecule has 0 spiro atoms. The van der Waals surface area contributed by atoms with E-state index in [1.807, 2.05) is 6.92 Å². The van der Waals surface area contributed by atoms with Gasteiger partial charge in [-0.25, -0.2) is 13.1 Å². The van der Waals surface area contributed by atoms with E-state index in [-0.39, 0.29) is 29.8 Å². The van der Waals surface area contributed by atoms with E-state index in [4.69, 9.17) is 11.1 Å². The van der Waals surface area contributed by atoms with Crippen LogP contribution < -0.4 is 21.1 Å². The molecule has 0 bridgehead atoms. The number of phenols is 1. The van der Waals surface area contributed by atoms with E-state index in [1.54, 1.807) is 61.5 Å². The van der Waals surface area contributed by atoms with Crippen molar-refractivity contribution in [2.45, 2.75) is 44.6 Å². The summed E-state index contributed by atoms with van der Waals surface area (Å²) < 4.78 is 28.5. The number of sulfonamides is 1. The van der Waals surface area contributed by atoms with Crippen molar-refractivity contribution in [3.8, 4) is 5.75 Å². The molecular formula is C29H35N5O5S. The quantitative estimate of drug-likeness (QED) is 0.137. The minimum atomic E-state index is -3.88. The predicted molar refractivity (Wildman–Crippen MR) is 154 cm³/mol. The lowest BCUT2D eigenvalue weighted by molar-refractivity contribution is -0.130. The van der Waals surface area contributed by atoms with Gasteiger partial charge in [-0.3, -0.25) is 15.0 Å². The molecule has 0 fully saturated rings. The van der Waals surface area contributed by atoms with Crippen molar-refractivity contribution in [2.75, 3.05) is 0 Å². The zero-order valence-corrected chi connectivity index (χ0v) is 23.2. The maximum Gasteiger partial charge on any atom is 0.247 e. The lowest BCUT2D eigenvalue weighted by Gasteiger charge is -2.26. The normalized spacial score (nSPS) is 13.6. The van der Waals surface area contributed by atoms with Gasteiger partial charge in [0.05, 0.1) is 5.75 Å². The van der Waals surface area contributed by atoms with Gasteiger partial charge in [0, 0.05) is 12.1 Å². The molecule has 0 aliphatic heterocycles. The summed E-state index contributed by atoms with van der Waals surface area (Å²) in [6.07, 6.45) is 0.512. The Labute approximate surface area is 234 Å². The fourth-order valence-electron chi connectivity index (χ4n) is 3.99. The van der Waals surface area contributed by atoms with E-state index in [2.05, 4.69) is 15.4 Å². The first-order chi connectivity index (χ1) is 19.0. The van der Waals surface area contributed by atoms with E-state index in [1.165, 1.54) is 24.3 Å². The van der Waals surface area contributed by atoms with Crippen molar-refractivity contribution < 1.29 is 23.1 Å². The summed E-state index contributed by atoms with van der Waals surface area (Å²) in [5, 5.41) is 22.7. The molecule has 1 unspecified atom stereocenters. The minimum absolute atomic E-state index is 0.00838. The van der Waals surface area contributed by atoms with Crippen LogP contribution in [-0.2, 0) is 31.9 Å². The molecule has 0 aromatic heterocycles. The van der Waals surface area contributed by atoms with Gasteiger partial charge in [0.15, 0.2) is 0 Å². The fourth-order valence-corrected chi connectivity index (χ4v) is 5.43. The van der Waals surface area contributed by atoms with Crippen LogP contribution >= 0.6 is 0 Å². The molecule has 0 radical (unpaired) electrons. The van der Waals surface area contributed by atoms with Gasteiger partial charge in [0.2, 0.25) is 21.8 Å². The zero-order valence-electron chi connectivity index (χ0n) is 22.4. The molecule has 11 heteroatoms. The lowest BCUT2D eigenvalue weighted by Crippen LogP contribution is -2.52. The van der Waals surface area contributed by atoms with Crippen molar-refractivity contribution in [3.63, 3.8) is 0 Å². The summed E-state index contributed by atoms with van der Waals surface area (Å²) in [6.45, 7) is 3.74. The number of amidine groups is 1. The Balaban J connectivity index is 1.80. The highest BCUT2D eigenvalue weighted by Gasteiger charge is 2.32. The zero-order chi connectivity index (χ0) is 29.3. The Kier molecular flexibility index (Phi) is 10.4. The second kappa shape index (κ2) is 13.7. The van der Waals surface area contributed by atoms with Crippen LogP contribution in [0.4, 0.5) is 0 Å². The van der Waals surface area contributed by atoms with Gasteiger partial charge in [-0.15, -0.1) is 0 Å². The van der Waals surface area contributed by atoms with Crippen LogP contribution in [0.1, 0.15) is 48.6 Å². The first-order valence-electron chi connectivity index (χ1n) is 12.8. The van der Waals surface area contributed by atoms with E-state index in [0.717, 1.165) is 5.56 Å². The summed E-state index contributed by atoms with van der Waals surface area (Å²) in [5.74, 6) is -1.91. The molecular weight excluding hydrogens is 530 g/mol. The van der Waals surface area contributed by atoms with Crippen LogP contribution in [0.3, 0.4) is 0 Å². The van der Waals surface area contributed by atoms with Crippen LogP contribution in [0.5, 0.6) is 5.75 Å². The highest BCUT2D eigenvalue weighted by molar-refractivity contribution is 7.88. The number of amides is 2. The molecule has 0 heterocycles. The molecule has 3 rings (SSSR count). The molecule has 0 aliphatic rings. The number of nitrogen functional groups attached to an aromatic ring is 1. The molecule has 0 saturated carbocycles. The highest BCUT2D eigenvalue weighted by atomic mass is 32.2. The van der Waals surface area contributed by atoms with Gasteiger partial charge >= 0.3 is 0 Å². The van der Waals surface area contributed by atoms with Crippen LogP contribution in [0.2, 0.25) is 0 Å². The smallest absolute Gasteiger partial charge is 0.247 e. The Hall–Kier alpha value is -4.22. The first-order valence-corrected chi connectivity index (χ1v) is 14.5. The molecule has 3 aromatic rings. The third kappa shape index (κ3) is 8.65. The molecule has 10 nitrogen and oxygen atoms in total. The van der Waals surface area contributed by atoms with Crippen LogP contribution in [0.25, 0.3) is 0 Å². The molecule has 212 valence electrons. The SMILES string of the molecule is CCC(C)[C@@H](NS(=O)(=O)Cc1ccccc1)C(=O)N[C@H](C(=O)NCc1ccc(C(=N)N)cc1)c1ccc(O)cc1. The Morgan fingerprint density at radius 1 is 0.925 bits per heavy atom. The largest absolute Gasteiger partial charge is 0.508 e. The van der Waals surface area contributed by atoms with Crippen LogP contribution in [0.15, 0.2) is 78.9 Å². The molecule has 2 amide bonds. The fraction of sp³-hybridized carbons (Fsp3) is 0.276. The monoisotopic (exact) mass is 565 g/mol. The summed E-state index contributed by atoms with van der Waals surface area (Å²) >= 11 is 0. The first kappa shape index (κ1) is 30.3. The average molecular weight is 566 g/mol. The minimum Gasteiger partial charge on any atom is -0.508 e. The summed E-state index contributed by atoms with van der Waals surface area (Å²) in [6, 6.07) is 19.0. The second-order valence-electron chi connectivity index (χ2n) is 9.59. The van der Waals surface area contributed by atoms with E-state index >= 15 is 0 Å². The van der Waals surface area contributed by atoms with Gasteiger partial charge in [-0.2, -0.15) is 0 Å². The number of nitrogens with two attached hydrogens (primary N) is 1. The Morgan fingerprint density at radius 2 is 1.55 bits per heavy atom. The van der Waals surface area contributed by atoms with E-state index < -0.39 is 33.9 Å². The molecule has 0 aliphatic carbocycles. The van der Waals surface area contributed by atoms with Gasteiger partial charge in [-0.1, -0.05) is 87.0 Å². The van der Waals surface area contributed by atoms with Crippen molar-refractivity contribution in [3.05, 3.63) is 101 Å². The van der Waals surface area contributed by atoms with Gasteiger partial charge in [0.25, 0.3) is 0 Å². The Morgan fingerprint density at radius 3 is 2.12 bits per heavy atom. The number of aromatic hydroxyl groups is 1. The number of rotatable bonds is 13. The summed E-state index contributed by atoms with van der Waals surface area (Å²) in [5.41, 5.74) is 7.78. The topological polar surface area (TPSA) is 174 Å². The summed E-state index contributed by atoms with van der Waals surface area (Å²) in [4.78, 5) is 26.8. The van der Waals surface area contributed by atoms with Gasteiger partial charge < -0.3 is 21.5 Å². The molecule has 40 heavy (non-hydrogen) atoms. The number of carbonyl (C=O) groups is 2. The maximum absolute atomic E-state index is 13.5. The number of phenolic OH excluding ortho intramolecular Hbond substituents is 1. The average Bonchev–Trinajstić information content (AvgIpc) is 2.94. The summed E-state index contributed by atoms with van der Waals surface area (Å²) in [7, 11) is -3.88. The van der Waals surface area contributed by atoms with Crippen molar-refractivity contribution >= 4 is 27.7 Å². The third-order valence-electron chi connectivity index (χ3n) is 6.51. The second-order valence-corrected chi connectivity index (χ2v) is 11.3. The van der Waals surface area contributed by atoms with E-state index in [0.29, 0.717) is 23.1 Å². The number of nitrogens with one attached hydrogen (secondary N) is 4. The van der Waals surface area contributed by atoms with Crippen molar-refractivity contribution in [1.29, 1.82) is 5.41 Å².